The van der Waals surface area contributed by atoms with Crippen LogP contribution >= 0.6 is 0 Å². The lowest BCUT2D eigenvalue weighted by Gasteiger charge is -2.42. The monoisotopic (exact) mass is 655 g/mol. The minimum atomic E-state index is -3.14. The number of aromatic nitrogens is 4. The Morgan fingerprint density at radius 3 is 2.52 bits per heavy atom. The molecule has 0 spiro atoms. The number of piperidine rings is 1. The number of imidazole rings is 1. The van der Waals surface area contributed by atoms with Gasteiger partial charge in [0.1, 0.15) is 21.5 Å². The van der Waals surface area contributed by atoms with Gasteiger partial charge in [-0.3, -0.25) is 4.98 Å². The third kappa shape index (κ3) is 6.43. The van der Waals surface area contributed by atoms with Crippen molar-refractivity contribution in [2.75, 3.05) is 49.0 Å². The standard InChI is InChI=1S/C32H39F2N7O4S/c1-20-18-40(19-25(35)30(20)45-12-13-46(3,42)43)28-8-11-36-17-27(28)38-31-37-16-22-6-7-26(39-41(22)31)29-23(33)14-21(15-24(29)34)32(44-2)9-4-5-10-32/h6-8,11,14-17,20,25,30H,4-5,9-10,12-13,18-19,35H2,1-3H3,(H,37,38)/t20-,25+,30-/m0/s1. The normalized spacial score (nSPS) is 21.6. The van der Waals surface area contributed by atoms with Crippen molar-refractivity contribution in [2.24, 2.45) is 11.7 Å². The molecule has 1 aliphatic heterocycles. The van der Waals surface area contributed by atoms with Crippen LogP contribution in [0, 0.1) is 17.6 Å². The average molecular weight is 656 g/mol. The Bertz CT molecular complexity index is 1800. The molecule has 6 rings (SSSR count). The Morgan fingerprint density at radius 2 is 1.85 bits per heavy atom. The zero-order valence-electron chi connectivity index (χ0n) is 26.1. The fraction of sp³-hybridized carbons (Fsp3) is 0.469. The highest BCUT2D eigenvalue weighted by molar-refractivity contribution is 7.90. The number of ether oxygens (including phenoxy) is 2. The van der Waals surface area contributed by atoms with Crippen LogP contribution in [-0.4, -0.2) is 79.0 Å². The van der Waals surface area contributed by atoms with Crippen molar-refractivity contribution in [3.8, 4) is 11.3 Å². The van der Waals surface area contributed by atoms with Crippen molar-refractivity contribution in [3.63, 3.8) is 0 Å². The zero-order chi connectivity index (χ0) is 32.6. The maximum atomic E-state index is 15.6. The first-order valence-corrected chi connectivity index (χ1v) is 17.4. The third-order valence-corrected chi connectivity index (χ3v) is 9.99. The zero-order valence-corrected chi connectivity index (χ0v) is 26.9. The van der Waals surface area contributed by atoms with Crippen molar-refractivity contribution < 1.29 is 26.7 Å². The molecule has 246 valence electrons. The van der Waals surface area contributed by atoms with Crippen LogP contribution in [-0.2, 0) is 24.9 Å². The van der Waals surface area contributed by atoms with Crippen LogP contribution in [0.1, 0.15) is 38.2 Å². The second-order valence-corrected chi connectivity index (χ2v) is 14.6. The van der Waals surface area contributed by atoms with Gasteiger partial charge in [0.25, 0.3) is 0 Å². The smallest absolute Gasteiger partial charge is 0.229 e. The molecule has 11 nitrogen and oxygen atoms in total. The SMILES string of the molecule is COC1(c2cc(F)c(-c3ccc4cnc(Nc5cnccc5N5C[C@@H](N)[C@@H](OCCS(C)(=O)=O)[C@@H](C)C5)n4n3)c(F)c2)CCCC1. The molecule has 2 fully saturated rings. The second kappa shape index (κ2) is 12.8. The van der Waals surface area contributed by atoms with Gasteiger partial charge in [0, 0.05) is 44.6 Å². The van der Waals surface area contributed by atoms with Gasteiger partial charge in [-0.1, -0.05) is 19.8 Å². The van der Waals surface area contributed by atoms with Gasteiger partial charge in [0.05, 0.1) is 64.6 Å². The van der Waals surface area contributed by atoms with Crippen LogP contribution in [0.25, 0.3) is 16.8 Å². The summed E-state index contributed by atoms with van der Waals surface area (Å²) < 4.78 is 67.4. The number of nitrogens with two attached hydrogens (primary N) is 1. The number of sulfone groups is 1. The first-order valence-electron chi connectivity index (χ1n) is 15.4. The molecule has 46 heavy (non-hydrogen) atoms. The number of halogens is 2. The summed E-state index contributed by atoms with van der Waals surface area (Å²) in [6.45, 7) is 3.19. The minimum absolute atomic E-state index is 0.0180. The van der Waals surface area contributed by atoms with Gasteiger partial charge in [-0.15, -0.1) is 0 Å². The molecular weight excluding hydrogens is 616 g/mol. The summed E-state index contributed by atoms with van der Waals surface area (Å²) in [6, 6.07) is 7.51. The van der Waals surface area contributed by atoms with Gasteiger partial charge in [0.15, 0.2) is 0 Å². The van der Waals surface area contributed by atoms with E-state index in [1.165, 1.54) is 22.9 Å². The Morgan fingerprint density at radius 1 is 1.11 bits per heavy atom. The lowest BCUT2D eigenvalue weighted by molar-refractivity contribution is -0.00915. The highest BCUT2D eigenvalue weighted by Gasteiger charge is 2.37. The molecule has 0 unspecified atom stereocenters. The molecule has 1 saturated heterocycles. The van der Waals surface area contributed by atoms with Crippen molar-refractivity contribution >= 4 is 32.7 Å². The molecule has 1 aromatic carbocycles. The molecule has 14 heteroatoms. The van der Waals surface area contributed by atoms with E-state index in [-0.39, 0.29) is 41.7 Å². The predicted octanol–water partition coefficient (Wildman–Crippen LogP) is 4.44. The molecular formula is C32H39F2N7O4S. The quantitative estimate of drug-likeness (QED) is 0.252. The van der Waals surface area contributed by atoms with Gasteiger partial charge >= 0.3 is 0 Å². The summed E-state index contributed by atoms with van der Waals surface area (Å²) in [6.07, 6.45) is 9.17. The molecule has 3 N–H and O–H groups in total. The number of methoxy groups -OCH3 is 1. The molecule has 2 aliphatic rings. The molecule has 0 bridgehead atoms. The number of nitrogens with one attached hydrogen (secondary N) is 1. The van der Waals surface area contributed by atoms with E-state index in [1.807, 2.05) is 13.0 Å². The number of nitrogens with zero attached hydrogens (tertiary/aromatic N) is 5. The van der Waals surface area contributed by atoms with Gasteiger partial charge < -0.3 is 25.4 Å². The summed E-state index contributed by atoms with van der Waals surface area (Å²) in [4.78, 5) is 10.9. The van der Waals surface area contributed by atoms with Crippen LogP contribution < -0.4 is 16.0 Å². The van der Waals surface area contributed by atoms with Crippen molar-refractivity contribution in [1.82, 2.24) is 19.6 Å². The van der Waals surface area contributed by atoms with E-state index in [0.29, 0.717) is 48.6 Å². The number of hydrogen-bond acceptors (Lipinski definition) is 10. The van der Waals surface area contributed by atoms with Crippen molar-refractivity contribution in [3.05, 3.63) is 66.1 Å². The molecule has 4 aromatic rings. The Balaban J connectivity index is 1.25. The molecule has 1 saturated carbocycles. The summed E-state index contributed by atoms with van der Waals surface area (Å²) in [5.41, 5.74) is 8.33. The lowest BCUT2D eigenvalue weighted by atomic mass is 9.90. The van der Waals surface area contributed by atoms with Crippen molar-refractivity contribution in [2.45, 2.75) is 50.4 Å². The summed E-state index contributed by atoms with van der Waals surface area (Å²) in [5.74, 6) is -1.11. The first-order chi connectivity index (χ1) is 22.0. The van der Waals surface area contributed by atoms with E-state index in [0.717, 1.165) is 18.5 Å². The topological polar surface area (TPSA) is 137 Å². The van der Waals surface area contributed by atoms with Gasteiger partial charge in [0.2, 0.25) is 5.95 Å². The fourth-order valence-corrected chi connectivity index (χ4v) is 7.14. The van der Waals surface area contributed by atoms with Gasteiger partial charge in [-0.2, -0.15) is 9.61 Å². The van der Waals surface area contributed by atoms with Crippen LogP contribution in [0.3, 0.4) is 0 Å². The van der Waals surface area contributed by atoms with E-state index < -0.39 is 27.1 Å². The number of anilines is 3. The highest BCUT2D eigenvalue weighted by Crippen LogP contribution is 2.43. The van der Waals surface area contributed by atoms with E-state index in [2.05, 4.69) is 25.3 Å². The molecule has 0 radical (unpaired) electrons. The number of rotatable bonds is 10. The largest absolute Gasteiger partial charge is 0.375 e. The molecule has 3 atom stereocenters. The summed E-state index contributed by atoms with van der Waals surface area (Å²) in [7, 11) is -1.55. The fourth-order valence-electron chi connectivity index (χ4n) is 6.75. The van der Waals surface area contributed by atoms with E-state index >= 15 is 8.78 Å². The Kier molecular flexibility index (Phi) is 8.98. The summed E-state index contributed by atoms with van der Waals surface area (Å²) >= 11 is 0. The molecule has 1 aliphatic carbocycles. The lowest BCUT2D eigenvalue weighted by Crippen LogP contribution is -2.57. The van der Waals surface area contributed by atoms with Crippen LogP contribution in [0.5, 0.6) is 0 Å². The van der Waals surface area contributed by atoms with Crippen molar-refractivity contribution in [1.29, 1.82) is 0 Å². The molecule has 3 aromatic heterocycles. The Hall–Kier alpha value is -3.72. The van der Waals surface area contributed by atoms with E-state index in [4.69, 9.17) is 15.2 Å². The number of pyridine rings is 1. The predicted molar refractivity (Wildman–Crippen MR) is 172 cm³/mol. The Labute approximate surface area is 267 Å². The highest BCUT2D eigenvalue weighted by atomic mass is 32.2. The maximum Gasteiger partial charge on any atom is 0.229 e. The maximum absolute atomic E-state index is 15.6. The number of fused-ring (bicyclic) bond motifs is 1. The van der Waals surface area contributed by atoms with Crippen LogP contribution in [0.2, 0.25) is 0 Å². The molecule has 4 heterocycles. The average Bonchev–Trinajstić information content (AvgIpc) is 3.66. The number of benzene rings is 1. The van der Waals surface area contributed by atoms with Gasteiger partial charge in [-0.25, -0.2) is 22.2 Å². The summed E-state index contributed by atoms with van der Waals surface area (Å²) in [5, 5.41) is 7.87. The first kappa shape index (κ1) is 32.2. The number of hydrogen-bond donors (Lipinski definition) is 2. The van der Waals surface area contributed by atoms with Crippen LogP contribution in [0.4, 0.5) is 26.1 Å². The third-order valence-electron chi connectivity index (χ3n) is 9.08. The second-order valence-electron chi connectivity index (χ2n) is 12.4. The van der Waals surface area contributed by atoms with E-state index in [1.54, 1.807) is 37.8 Å². The van der Waals surface area contributed by atoms with Crippen LogP contribution in [0.15, 0.2) is 48.9 Å². The van der Waals surface area contributed by atoms with E-state index in [9.17, 15) is 8.42 Å². The molecule has 0 amide bonds. The van der Waals surface area contributed by atoms with Gasteiger partial charge in [-0.05, 0) is 48.7 Å². The minimum Gasteiger partial charge on any atom is -0.375 e.